The van der Waals surface area contributed by atoms with Crippen LogP contribution in [0.2, 0.25) is 0 Å². The van der Waals surface area contributed by atoms with Gasteiger partial charge in [0.05, 0.1) is 0 Å². The fraction of sp³-hybridized carbons (Fsp3) is 0.529. The minimum absolute atomic E-state index is 0.996. The summed E-state index contributed by atoms with van der Waals surface area (Å²) in [7, 11) is 0. The number of rotatable bonds is 5. The molecule has 2 rings (SSSR count). The maximum absolute atomic E-state index is 3.56. The molecule has 1 N–H and O–H groups in total. The van der Waals surface area contributed by atoms with Gasteiger partial charge in [0.15, 0.2) is 0 Å². The molecule has 0 saturated heterocycles. The molecule has 1 aromatic rings. The lowest BCUT2D eigenvalue weighted by molar-refractivity contribution is 0.632. The Morgan fingerprint density at radius 1 is 1.06 bits per heavy atom. The van der Waals surface area contributed by atoms with Crippen molar-refractivity contribution < 1.29 is 0 Å². The number of hydrogen-bond acceptors (Lipinski definition) is 1. The largest absolute Gasteiger partial charge is 0.312 e. The lowest BCUT2D eigenvalue weighted by Crippen LogP contribution is -2.15. The molecular weight excluding hydrogens is 218 g/mol. The molecule has 0 heterocycles. The van der Waals surface area contributed by atoms with Crippen LogP contribution in [-0.2, 0) is 6.54 Å². The van der Waals surface area contributed by atoms with Gasteiger partial charge in [-0.2, -0.15) is 0 Å². The van der Waals surface area contributed by atoms with Crippen LogP contribution in [0.5, 0.6) is 0 Å². The van der Waals surface area contributed by atoms with Crippen LogP contribution >= 0.6 is 0 Å². The Morgan fingerprint density at radius 2 is 1.83 bits per heavy atom. The first-order valence-electron chi connectivity index (χ1n) is 7.20. The van der Waals surface area contributed by atoms with Crippen LogP contribution in [0.4, 0.5) is 0 Å². The Morgan fingerprint density at radius 3 is 2.50 bits per heavy atom. The highest BCUT2D eigenvalue weighted by Crippen LogP contribution is 2.19. The molecule has 0 bridgehead atoms. The van der Waals surface area contributed by atoms with E-state index in [1.54, 1.807) is 5.57 Å². The van der Waals surface area contributed by atoms with Crippen LogP contribution in [0.3, 0.4) is 0 Å². The van der Waals surface area contributed by atoms with E-state index in [9.17, 15) is 0 Å². The zero-order valence-corrected chi connectivity index (χ0v) is 11.8. The van der Waals surface area contributed by atoms with Gasteiger partial charge in [-0.15, -0.1) is 0 Å². The summed E-state index contributed by atoms with van der Waals surface area (Å²) in [6.07, 6.45) is 9.08. The predicted octanol–water partition coefficient (Wildman–Crippen LogP) is 4.28. The van der Waals surface area contributed by atoms with Gasteiger partial charge in [0, 0.05) is 6.54 Å². The SMILES string of the molecule is Cc1cc(C)cc(CNCCC2=CCCCC2)c1. The van der Waals surface area contributed by atoms with Crippen molar-refractivity contribution in [2.75, 3.05) is 6.54 Å². The molecule has 0 aliphatic heterocycles. The third-order valence-electron chi connectivity index (χ3n) is 3.62. The molecule has 98 valence electrons. The van der Waals surface area contributed by atoms with E-state index in [1.807, 2.05) is 0 Å². The summed E-state index contributed by atoms with van der Waals surface area (Å²) in [5, 5.41) is 3.56. The monoisotopic (exact) mass is 243 g/mol. The van der Waals surface area contributed by atoms with Gasteiger partial charge >= 0.3 is 0 Å². The van der Waals surface area contributed by atoms with Crippen LogP contribution < -0.4 is 5.32 Å². The molecule has 0 radical (unpaired) electrons. The topological polar surface area (TPSA) is 12.0 Å². The minimum Gasteiger partial charge on any atom is -0.312 e. The fourth-order valence-electron chi connectivity index (χ4n) is 2.78. The van der Waals surface area contributed by atoms with E-state index in [0.29, 0.717) is 0 Å². The maximum Gasteiger partial charge on any atom is 0.0205 e. The zero-order valence-electron chi connectivity index (χ0n) is 11.8. The molecule has 0 spiro atoms. The van der Waals surface area contributed by atoms with E-state index in [4.69, 9.17) is 0 Å². The lowest BCUT2D eigenvalue weighted by atomic mass is 9.97. The summed E-state index contributed by atoms with van der Waals surface area (Å²) in [4.78, 5) is 0. The Labute approximate surface area is 111 Å². The van der Waals surface area contributed by atoms with Gasteiger partial charge in [0.1, 0.15) is 0 Å². The van der Waals surface area contributed by atoms with Crippen molar-refractivity contribution in [2.45, 2.75) is 52.5 Å². The highest BCUT2D eigenvalue weighted by atomic mass is 14.8. The molecule has 0 amide bonds. The van der Waals surface area contributed by atoms with Crippen LogP contribution in [0.1, 0.15) is 48.8 Å². The minimum atomic E-state index is 0.996. The fourth-order valence-corrected chi connectivity index (χ4v) is 2.78. The van der Waals surface area contributed by atoms with Gasteiger partial charge in [0.2, 0.25) is 0 Å². The lowest BCUT2D eigenvalue weighted by Gasteiger charge is -2.13. The Balaban J connectivity index is 1.73. The molecule has 1 aliphatic rings. The first-order chi connectivity index (χ1) is 8.74. The van der Waals surface area contributed by atoms with E-state index < -0.39 is 0 Å². The van der Waals surface area contributed by atoms with Crippen molar-refractivity contribution in [1.29, 1.82) is 0 Å². The summed E-state index contributed by atoms with van der Waals surface area (Å²) in [5.74, 6) is 0. The smallest absolute Gasteiger partial charge is 0.0205 e. The molecule has 1 aliphatic carbocycles. The van der Waals surface area contributed by atoms with E-state index >= 15 is 0 Å². The highest BCUT2D eigenvalue weighted by Gasteiger charge is 2.03. The molecule has 0 aromatic heterocycles. The van der Waals surface area contributed by atoms with Gasteiger partial charge in [-0.3, -0.25) is 0 Å². The number of nitrogens with one attached hydrogen (secondary N) is 1. The maximum atomic E-state index is 3.56. The van der Waals surface area contributed by atoms with Crippen molar-refractivity contribution in [1.82, 2.24) is 5.32 Å². The van der Waals surface area contributed by atoms with Crippen molar-refractivity contribution in [2.24, 2.45) is 0 Å². The summed E-state index contributed by atoms with van der Waals surface area (Å²) >= 11 is 0. The molecule has 0 atom stereocenters. The summed E-state index contributed by atoms with van der Waals surface area (Å²) < 4.78 is 0. The van der Waals surface area contributed by atoms with E-state index in [2.05, 4.69) is 43.4 Å². The first-order valence-corrected chi connectivity index (χ1v) is 7.20. The second-order valence-corrected chi connectivity index (χ2v) is 5.53. The van der Waals surface area contributed by atoms with Gasteiger partial charge < -0.3 is 5.32 Å². The Kier molecular flexibility index (Phi) is 5.00. The van der Waals surface area contributed by atoms with Crippen LogP contribution in [-0.4, -0.2) is 6.54 Å². The molecule has 0 unspecified atom stereocenters. The Hall–Kier alpha value is -1.08. The van der Waals surface area contributed by atoms with Crippen molar-refractivity contribution in [3.8, 4) is 0 Å². The molecule has 1 nitrogen and oxygen atoms in total. The van der Waals surface area contributed by atoms with Gasteiger partial charge in [-0.25, -0.2) is 0 Å². The van der Waals surface area contributed by atoms with E-state index in [1.165, 1.54) is 48.8 Å². The Bertz CT molecular complexity index is 397. The molecular formula is C17H25N. The third-order valence-corrected chi connectivity index (χ3v) is 3.62. The first kappa shape index (κ1) is 13.4. The van der Waals surface area contributed by atoms with Crippen LogP contribution in [0, 0.1) is 13.8 Å². The average molecular weight is 243 g/mol. The van der Waals surface area contributed by atoms with Gasteiger partial charge in [-0.05, 0) is 58.1 Å². The molecule has 1 aromatic carbocycles. The second kappa shape index (κ2) is 6.75. The van der Waals surface area contributed by atoms with Crippen molar-refractivity contribution in [3.63, 3.8) is 0 Å². The number of benzene rings is 1. The normalized spacial score (nSPS) is 15.6. The molecule has 0 fully saturated rings. The molecule has 1 heteroatoms. The zero-order chi connectivity index (χ0) is 12.8. The summed E-state index contributed by atoms with van der Waals surface area (Å²) in [6.45, 7) is 6.45. The van der Waals surface area contributed by atoms with Crippen molar-refractivity contribution in [3.05, 3.63) is 46.5 Å². The third kappa shape index (κ3) is 4.30. The number of aryl methyl sites for hydroxylation is 2. The average Bonchev–Trinajstić information content (AvgIpc) is 2.35. The van der Waals surface area contributed by atoms with Gasteiger partial charge in [0.25, 0.3) is 0 Å². The van der Waals surface area contributed by atoms with Gasteiger partial charge in [-0.1, -0.05) is 41.0 Å². The van der Waals surface area contributed by atoms with E-state index in [0.717, 1.165) is 13.1 Å². The highest BCUT2D eigenvalue weighted by molar-refractivity contribution is 5.28. The van der Waals surface area contributed by atoms with E-state index in [-0.39, 0.29) is 0 Å². The second-order valence-electron chi connectivity index (χ2n) is 5.53. The number of hydrogen-bond donors (Lipinski definition) is 1. The molecule has 18 heavy (non-hydrogen) atoms. The summed E-state index contributed by atoms with van der Waals surface area (Å²) in [6, 6.07) is 6.79. The predicted molar refractivity (Wildman–Crippen MR) is 78.8 cm³/mol. The standard InChI is InChI=1S/C17H25N/c1-14-10-15(2)12-17(11-14)13-18-9-8-16-6-4-3-5-7-16/h6,10-12,18H,3-5,7-9,13H2,1-2H3. The van der Waals surface area contributed by atoms with Crippen LogP contribution in [0.15, 0.2) is 29.8 Å². The van der Waals surface area contributed by atoms with Crippen molar-refractivity contribution >= 4 is 0 Å². The quantitative estimate of drug-likeness (QED) is 0.601. The summed E-state index contributed by atoms with van der Waals surface area (Å²) in [5.41, 5.74) is 5.79. The molecule has 0 saturated carbocycles. The number of allylic oxidation sites excluding steroid dienone is 1. The van der Waals surface area contributed by atoms with Crippen LogP contribution in [0.25, 0.3) is 0 Å².